The first-order valence-electron chi connectivity index (χ1n) is 6.91. The first-order chi connectivity index (χ1) is 9.94. The third kappa shape index (κ3) is 4.01. The Morgan fingerprint density at radius 2 is 2.14 bits per heavy atom. The van der Waals surface area contributed by atoms with Crippen molar-refractivity contribution in [1.82, 2.24) is 19.8 Å². The van der Waals surface area contributed by atoms with E-state index in [9.17, 15) is 13.5 Å². The van der Waals surface area contributed by atoms with Gasteiger partial charge in [-0.2, -0.15) is 5.10 Å². The van der Waals surface area contributed by atoms with Crippen LogP contribution in [0.15, 0.2) is 4.90 Å². The average molecular weight is 318 g/mol. The molecule has 1 aromatic rings. The van der Waals surface area contributed by atoms with Crippen LogP contribution in [0, 0.1) is 6.92 Å². The lowest BCUT2D eigenvalue weighted by molar-refractivity contribution is 0.0354. The summed E-state index contributed by atoms with van der Waals surface area (Å²) in [6, 6.07) is -0.242. The molecular weight excluding hydrogens is 296 g/mol. The maximum atomic E-state index is 12.4. The second-order valence-corrected chi connectivity index (χ2v) is 6.87. The Morgan fingerprint density at radius 3 is 2.76 bits per heavy atom. The highest BCUT2D eigenvalue weighted by atomic mass is 32.2. The highest BCUT2D eigenvalue weighted by molar-refractivity contribution is 7.89. The first-order valence-corrected chi connectivity index (χ1v) is 8.39. The Bertz CT molecular complexity index is 566. The molecule has 1 aliphatic heterocycles. The van der Waals surface area contributed by atoms with E-state index in [0.29, 0.717) is 25.5 Å². The van der Waals surface area contributed by atoms with Crippen LogP contribution in [0.4, 0.5) is 0 Å². The van der Waals surface area contributed by atoms with Crippen LogP contribution < -0.4 is 4.72 Å². The number of nitrogens with one attached hydrogen (secondary N) is 2. The van der Waals surface area contributed by atoms with Gasteiger partial charge in [-0.1, -0.05) is 0 Å². The number of aromatic nitrogens is 2. The second kappa shape index (κ2) is 6.84. The van der Waals surface area contributed by atoms with Crippen LogP contribution in [-0.2, 0) is 21.4 Å². The van der Waals surface area contributed by atoms with Crippen LogP contribution in [0.3, 0.4) is 0 Å². The molecule has 0 aliphatic carbocycles. The Balaban J connectivity index is 2.04. The Morgan fingerprint density at radius 1 is 1.48 bits per heavy atom. The van der Waals surface area contributed by atoms with Crippen molar-refractivity contribution in [1.29, 1.82) is 0 Å². The minimum absolute atomic E-state index is 0.0406. The van der Waals surface area contributed by atoms with E-state index in [2.05, 4.69) is 19.8 Å². The molecule has 0 bridgehead atoms. The van der Waals surface area contributed by atoms with Gasteiger partial charge in [-0.25, -0.2) is 13.1 Å². The van der Waals surface area contributed by atoms with Gasteiger partial charge in [-0.05, 0) is 13.8 Å². The third-order valence-electron chi connectivity index (χ3n) is 3.37. The van der Waals surface area contributed by atoms with Crippen molar-refractivity contribution in [2.45, 2.75) is 31.4 Å². The van der Waals surface area contributed by atoms with Gasteiger partial charge in [0.1, 0.15) is 10.6 Å². The maximum Gasteiger partial charge on any atom is 0.244 e. The molecule has 1 fully saturated rings. The van der Waals surface area contributed by atoms with Crippen LogP contribution in [0.1, 0.15) is 18.3 Å². The lowest BCUT2D eigenvalue weighted by Gasteiger charge is -2.29. The maximum absolute atomic E-state index is 12.4. The quantitative estimate of drug-likeness (QED) is 0.634. The average Bonchev–Trinajstić information content (AvgIpc) is 2.81. The number of sulfonamides is 1. The predicted molar refractivity (Wildman–Crippen MR) is 76.3 cm³/mol. The molecule has 0 amide bonds. The number of aliphatic hydroxyl groups is 1. The molecule has 0 saturated carbocycles. The second-order valence-electron chi connectivity index (χ2n) is 5.22. The van der Waals surface area contributed by atoms with Gasteiger partial charge in [-0.15, -0.1) is 0 Å². The molecule has 1 aromatic heterocycles. The summed E-state index contributed by atoms with van der Waals surface area (Å²) in [5, 5.41) is 15.6. The number of aliphatic hydroxyl groups excluding tert-OH is 1. The molecule has 0 aromatic carbocycles. The van der Waals surface area contributed by atoms with Crippen molar-refractivity contribution in [2.24, 2.45) is 0 Å². The van der Waals surface area contributed by atoms with Gasteiger partial charge in [-0.3, -0.25) is 10.00 Å². The molecule has 8 nitrogen and oxygen atoms in total. The number of H-pyrrole nitrogens is 1. The zero-order valence-corrected chi connectivity index (χ0v) is 13.1. The lowest BCUT2D eigenvalue weighted by Crippen LogP contribution is -2.46. The monoisotopic (exact) mass is 318 g/mol. The molecule has 21 heavy (non-hydrogen) atoms. The van der Waals surface area contributed by atoms with Crippen LogP contribution in [0.25, 0.3) is 0 Å². The highest BCUT2D eigenvalue weighted by Gasteiger charge is 2.26. The lowest BCUT2D eigenvalue weighted by atomic mass is 10.3. The number of nitrogens with zero attached hydrogens (tertiary/aromatic N) is 2. The standard InChI is InChI=1S/C12H22N4O4S/c1-9(7-16-3-5-20-6-4-16)15-21(18,19)12-10(2)13-14-11(12)8-17/h9,15,17H,3-8H2,1-2H3,(H,13,14). The summed E-state index contributed by atoms with van der Waals surface area (Å²) < 4.78 is 32.7. The van der Waals surface area contributed by atoms with Crippen molar-refractivity contribution in [3.63, 3.8) is 0 Å². The van der Waals surface area contributed by atoms with E-state index in [1.165, 1.54) is 0 Å². The first kappa shape index (κ1) is 16.4. The smallest absolute Gasteiger partial charge is 0.244 e. The van der Waals surface area contributed by atoms with Crippen molar-refractivity contribution in [3.8, 4) is 0 Å². The zero-order valence-electron chi connectivity index (χ0n) is 12.3. The number of ether oxygens (including phenoxy) is 1. The molecule has 0 spiro atoms. The summed E-state index contributed by atoms with van der Waals surface area (Å²) in [7, 11) is -3.70. The fraction of sp³-hybridized carbons (Fsp3) is 0.750. The van der Waals surface area contributed by atoms with Gasteiger partial charge >= 0.3 is 0 Å². The van der Waals surface area contributed by atoms with E-state index in [-0.39, 0.29) is 16.6 Å². The molecule has 1 saturated heterocycles. The molecule has 120 valence electrons. The van der Waals surface area contributed by atoms with Gasteiger partial charge in [0.2, 0.25) is 10.0 Å². The molecule has 9 heteroatoms. The molecular formula is C12H22N4O4S. The van der Waals surface area contributed by atoms with Gasteiger partial charge in [0.05, 0.1) is 25.5 Å². The summed E-state index contributed by atoms with van der Waals surface area (Å²) in [4.78, 5) is 2.20. The van der Waals surface area contributed by atoms with Crippen LogP contribution >= 0.6 is 0 Å². The number of aryl methyl sites for hydroxylation is 1. The van der Waals surface area contributed by atoms with Crippen molar-refractivity contribution < 1.29 is 18.3 Å². The largest absolute Gasteiger partial charge is 0.390 e. The number of rotatable bonds is 6. The van der Waals surface area contributed by atoms with E-state index >= 15 is 0 Å². The van der Waals surface area contributed by atoms with Gasteiger partial charge in [0.15, 0.2) is 0 Å². The predicted octanol–water partition coefficient (Wildman–Crippen LogP) is -0.791. The topological polar surface area (TPSA) is 108 Å². The number of morpholine rings is 1. The molecule has 3 N–H and O–H groups in total. The van der Waals surface area contributed by atoms with E-state index in [1.54, 1.807) is 6.92 Å². The van der Waals surface area contributed by atoms with Gasteiger partial charge in [0, 0.05) is 25.7 Å². The summed E-state index contributed by atoms with van der Waals surface area (Å²) in [5.74, 6) is 0. The van der Waals surface area contributed by atoms with Crippen molar-refractivity contribution >= 4 is 10.0 Å². The fourth-order valence-electron chi connectivity index (χ4n) is 2.47. The third-order valence-corrected chi connectivity index (χ3v) is 5.16. The molecule has 1 atom stereocenters. The summed E-state index contributed by atoms with van der Waals surface area (Å²) in [6.45, 7) is 6.60. The summed E-state index contributed by atoms with van der Waals surface area (Å²) >= 11 is 0. The molecule has 0 radical (unpaired) electrons. The van der Waals surface area contributed by atoms with Crippen LogP contribution in [0.5, 0.6) is 0 Å². The van der Waals surface area contributed by atoms with E-state index in [1.807, 2.05) is 6.92 Å². The Hall–Kier alpha value is -1.00. The van der Waals surface area contributed by atoms with Gasteiger partial charge in [0.25, 0.3) is 0 Å². The summed E-state index contributed by atoms with van der Waals surface area (Å²) in [6.07, 6.45) is 0. The van der Waals surface area contributed by atoms with Gasteiger partial charge < -0.3 is 9.84 Å². The number of hydrogen-bond acceptors (Lipinski definition) is 6. The van der Waals surface area contributed by atoms with E-state index < -0.39 is 16.6 Å². The van der Waals surface area contributed by atoms with Crippen LogP contribution in [0.2, 0.25) is 0 Å². The Kier molecular flexibility index (Phi) is 5.33. The van der Waals surface area contributed by atoms with E-state index in [0.717, 1.165) is 13.1 Å². The Labute approximate surface area is 124 Å². The van der Waals surface area contributed by atoms with E-state index in [4.69, 9.17) is 4.74 Å². The van der Waals surface area contributed by atoms with Crippen molar-refractivity contribution in [3.05, 3.63) is 11.4 Å². The summed E-state index contributed by atoms with van der Waals surface area (Å²) in [5.41, 5.74) is 0.559. The highest BCUT2D eigenvalue weighted by Crippen LogP contribution is 2.17. The van der Waals surface area contributed by atoms with Crippen molar-refractivity contribution in [2.75, 3.05) is 32.8 Å². The normalized spacial score (nSPS) is 18.8. The molecule has 1 aliphatic rings. The number of aromatic amines is 1. The molecule has 2 rings (SSSR count). The number of hydrogen-bond donors (Lipinski definition) is 3. The fourth-order valence-corrected chi connectivity index (χ4v) is 4.06. The SMILES string of the molecule is Cc1[nH]nc(CO)c1S(=O)(=O)NC(C)CN1CCOCC1. The molecule has 2 heterocycles. The van der Waals surface area contributed by atoms with Crippen LogP contribution in [-0.4, -0.2) is 67.5 Å². The molecule has 1 unspecified atom stereocenters. The minimum Gasteiger partial charge on any atom is -0.390 e. The minimum atomic E-state index is -3.70. The zero-order chi connectivity index (χ0) is 15.5.